The average Bonchev–Trinajstić information content (AvgIpc) is 2.41. The van der Waals surface area contributed by atoms with Crippen LogP contribution in [0, 0.1) is 0 Å². The summed E-state index contributed by atoms with van der Waals surface area (Å²) >= 11 is 3.39. The van der Waals surface area contributed by atoms with Crippen LogP contribution < -0.4 is 0 Å². The fraction of sp³-hybridized carbons (Fsp3) is 0.143. The first-order valence-electron chi connectivity index (χ1n) is 5.47. The monoisotopic (exact) mass is 305 g/mol. The zero-order chi connectivity index (χ0) is 13.0. The van der Waals surface area contributed by atoms with Crippen molar-refractivity contribution in [2.45, 2.75) is 6.42 Å². The van der Waals surface area contributed by atoms with Gasteiger partial charge < -0.3 is 4.74 Å². The molecule has 0 bridgehead atoms. The first kappa shape index (κ1) is 12.8. The summed E-state index contributed by atoms with van der Waals surface area (Å²) in [6, 6.07) is 11.4. The van der Waals surface area contributed by atoms with Gasteiger partial charge in [0.1, 0.15) is 0 Å². The van der Waals surface area contributed by atoms with Gasteiger partial charge in [-0.2, -0.15) is 0 Å². The van der Waals surface area contributed by atoms with Gasteiger partial charge in [-0.1, -0.05) is 28.1 Å². The Labute approximate surface area is 114 Å². The Morgan fingerprint density at radius 1 is 1.28 bits per heavy atom. The Kier molecular flexibility index (Phi) is 4.10. The van der Waals surface area contributed by atoms with E-state index in [1.54, 1.807) is 18.3 Å². The SMILES string of the molecule is COC(=O)c1cccnc1Cc1ccc(Br)cc1. The fourth-order valence-electron chi connectivity index (χ4n) is 1.67. The molecule has 0 fully saturated rings. The number of carbonyl (C=O) groups is 1. The van der Waals surface area contributed by atoms with Crippen LogP contribution in [0.1, 0.15) is 21.6 Å². The van der Waals surface area contributed by atoms with Gasteiger partial charge in [-0.05, 0) is 29.8 Å². The van der Waals surface area contributed by atoms with Crippen molar-refractivity contribution in [2.24, 2.45) is 0 Å². The van der Waals surface area contributed by atoms with Crippen molar-refractivity contribution in [3.05, 3.63) is 63.9 Å². The zero-order valence-corrected chi connectivity index (χ0v) is 11.5. The molecular formula is C14H12BrNO2. The molecule has 1 aromatic carbocycles. The maximum Gasteiger partial charge on any atom is 0.339 e. The molecule has 0 saturated carbocycles. The third-order valence-corrected chi connectivity index (χ3v) is 3.11. The van der Waals surface area contributed by atoms with E-state index in [1.807, 2.05) is 24.3 Å². The van der Waals surface area contributed by atoms with Crippen molar-refractivity contribution in [1.82, 2.24) is 4.98 Å². The average molecular weight is 306 g/mol. The van der Waals surface area contributed by atoms with E-state index in [2.05, 4.69) is 20.9 Å². The van der Waals surface area contributed by atoms with Crippen LogP contribution in [0.5, 0.6) is 0 Å². The number of aromatic nitrogens is 1. The highest BCUT2D eigenvalue weighted by Crippen LogP contribution is 2.15. The van der Waals surface area contributed by atoms with Crippen LogP contribution in [-0.4, -0.2) is 18.1 Å². The molecule has 0 aliphatic heterocycles. The Morgan fingerprint density at radius 3 is 2.67 bits per heavy atom. The summed E-state index contributed by atoms with van der Waals surface area (Å²) in [5.74, 6) is -0.352. The number of hydrogen-bond acceptors (Lipinski definition) is 3. The first-order valence-corrected chi connectivity index (χ1v) is 6.26. The molecule has 3 nitrogen and oxygen atoms in total. The second-order valence-electron chi connectivity index (χ2n) is 3.79. The van der Waals surface area contributed by atoms with Gasteiger partial charge in [-0.25, -0.2) is 4.79 Å². The summed E-state index contributed by atoms with van der Waals surface area (Å²) in [4.78, 5) is 15.9. The summed E-state index contributed by atoms with van der Waals surface area (Å²) in [5, 5.41) is 0. The lowest BCUT2D eigenvalue weighted by molar-refractivity contribution is 0.0599. The lowest BCUT2D eigenvalue weighted by Gasteiger charge is -2.06. The van der Waals surface area contributed by atoms with E-state index in [1.165, 1.54) is 7.11 Å². The molecule has 1 heterocycles. The number of ether oxygens (including phenoxy) is 1. The molecule has 0 aliphatic carbocycles. The molecule has 0 atom stereocenters. The number of hydrogen-bond donors (Lipinski definition) is 0. The van der Waals surface area contributed by atoms with Gasteiger partial charge in [-0.15, -0.1) is 0 Å². The van der Waals surface area contributed by atoms with Crippen LogP contribution >= 0.6 is 15.9 Å². The standard InChI is InChI=1S/C14H12BrNO2/c1-18-14(17)12-3-2-8-16-13(12)9-10-4-6-11(15)7-5-10/h2-8H,9H2,1H3. The van der Waals surface area contributed by atoms with Gasteiger partial charge in [0.15, 0.2) is 0 Å². The van der Waals surface area contributed by atoms with Crippen LogP contribution in [0.15, 0.2) is 47.1 Å². The predicted octanol–water partition coefficient (Wildman–Crippen LogP) is 3.22. The highest BCUT2D eigenvalue weighted by atomic mass is 79.9. The number of nitrogens with zero attached hydrogens (tertiary/aromatic N) is 1. The predicted molar refractivity (Wildman–Crippen MR) is 72.5 cm³/mol. The normalized spacial score (nSPS) is 10.1. The summed E-state index contributed by atoms with van der Waals surface area (Å²) < 4.78 is 5.78. The highest BCUT2D eigenvalue weighted by molar-refractivity contribution is 9.10. The maximum atomic E-state index is 11.6. The van der Waals surface area contributed by atoms with E-state index in [0.29, 0.717) is 12.0 Å². The molecule has 18 heavy (non-hydrogen) atoms. The molecule has 0 spiro atoms. The Hall–Kier alpha value is -1.68. The quantitative estimate of drug-likeness (QED) is 0.817. The van der Waals surface area contributed by atoms with E-state index in [-0.39, 0.29) is 5.97 Å². The maximum absolute atomic E-state index is 11.6. The molecule has 92 valence electrons. The number of pyridine rings is 1. The van der Waals surface area contributed by atoms with Crippen molar-refractivity contribution < 1.29 is 9.53 Å². The molecule has 0 N–H and O–H groups in total. The molecule has 4 heteroatoms. The number of esters is 1. The molecular weight excluding hydrogens is 294 g/mol. The number of carbonyl (C=O) groups excluding carboxylic acids is 1. The van der Waals surface area contributed by atoms with Crippen LogP contribution in [0.2, 0.25) is 0 Å². The first-order chi connectivity index (χ1) is 8.70. The van der Waals surface area contributed by atoms with Gasteiger partial charge in [0.05, 0.1) is 18.4 Å². The number of methoxy groups -OCH3 is 1. The summed E-state index contributed by atoms with van der Waals surface area (Å²) in [6.07, 6.45) is 2.29. The molecule has 0 aliphatic rings. The van der Waals surface area contributed by atoms with Gasteiger partial charge in [-0.3, -0.25) is 4.98 Å². The van der Waals surface area contributed by atoms with Crippen LogP contribution in [0.25, 0.3) is 0 Å². The number of benzene rings is 1. The molecule has 0 saturated heterocycles. The molecule has 2 rings (SSSR count). The van der Waals surface area contributed by atoms with Crippen molar-refractivity contribution in [2.75, 3.05) is 7.11 Å². The summed E-state index contributed by atoms with van der Waals surface area (Å²) in [5.41, 5.74) is 2.34. The van der Waals surface area contributed by atoms with Gasteiger partial charge >= 0.3 is 5.97 Å². The minimum Gasteiger partial charge on any atom is -0.465 e. The van der Waals surface area contributed by atoms with Crippen LogP contribution in [0.3, 0.4) is 0 Å². The van der Waals surface area contributed by atoms with Gasteiger partial charge in [0.2, 0.25) is 0 Å². The van der Waals surface area contributed by atoms with Crippen LogP contribution in [-0.2, 0) is 11.2 Å². The number of rotatable bonds is 3. The zero-order valence-electron chi connectivity index (χ0n) is 9.89. The van der Waals surface area contributed by atoms with Gasteiger partial charge in [0, 0.05) is 17.1 Å². The molecule has 0 radical (unpaired) electrons. The Bertz CT molecular complexity index is 552. The smallest absolute Gasteiger partial charge is 0.339 e. The highest BCUT2D eigenvalue weighted by Gasteiger charge is 2.12. The van der Waals surface area contributed by atoms with Crippen molar-refractivity contribution in [1.29, 1.82) is 0 Å². The minimum atomic E-state index is -0.352. The van der Waals surface area contributed by atoms with Crippen molar-refractivity contribution in [3.8, 4) is 0 Å². The molecule has 0 amide bonds. The van der Waals surface area contributed by atoms with Gasteiger partial charge in [0.25, 0.3) is 0 Å². The summed E-state index contributed by atoms with van der Waals surface area (Å²) in [6.45, 7) is 0. The molecule has 0 unspecified atom stereocenters. The number of halogens is 1. The van der Waals surface area contributed by atoms with E-state index < -0.39 is 0 Å². The second-order valence-corrected chi connectivity index (χ2v) is 4.71. The largest absolute Gasteiger partial charge is 0.465 e. The van der Waals surface area contributed by atoms with Crippen LogP contribution in [0.4, 0.5) is 0 Å². The Morgan fingerprint density at radius 2 is 2.00 bits per heavy atom. The second kappa shape index (κ2) is 5.78. The van der Waals surface area contributed by atoms with E-state index in [4.69, 9.17) is 4.74 Å². The minimum absolute atomic E-state index is 0.352. The fourth-order valence-corrected chi connectivity index (χ4v) is 1.93. The molecule has 2 aromatic rings. The summed E-state index contributed by atoms with van der Waals surface area (Å²) in [7, 11) is 1.37. The lowest BCUT2D eigenvalue weighted by atomic mass is 10.1. The Balaban J connectivity index is 2.28. The van der Waals surface area contributed by atoms with E-state index >= 15 is 0 Å². The topological polar surface area (TPSA) is 39.2 Å². The third kappa shape index (κ3) is 2.96. The van der Waals surface area contributed by atoms with Crippen molar-refractivity contribution >= 4 is 21.9 Å². The van der Waals surface area contributed by atoms with Crippen molar-refractivity contribution in [3.63, 3.8) is 0 Å². The van der Waals surface area contributed by atoms with E-state index in [0.717, 1.165) is 15.7 Å². The molecule has 1 aromatic heterocycles. The third-order valence-electron chi connectivity index (χ3n) is 2.58. The lowest BCUT2D eigenvalue weighted by Crippen LogP contribution is -2.07. The van der Waals surface area contributed by atoms with E-state index in [9.17, 15) is 4.79 Å².